The van der Waals surface area contributed by atoms with E-state index in [1.165, 1.54) is 12.8 Å². The normalized spacial score (nSPS) is 35.0. The average Bonchev–Trinajstić information content (AvgIpc) is 2.46. The average molecular weight is 170 g/mol. The molecule has 2 nitrogen and oxygen atoms in total. The molecule has 70 valence electrons. The van der Waals surface area contributed by atoms with Crippen LogP contribution >= 0.6 is 0 Å². The van der Waals surface area contributed by atoms with E-state index in [9.17, 15) is 0 Å². The van der Waals surface area contributed by atoms with Crippen LogP contribution in [0.1, 0.15) is 39.5 Å². The Bertz CT molecular complexity index is 163. The third-order valence-corrected chi connectivity index (χ3v) is 3.27. The van der Waals surface area contributed by atoms with Crippen LogP contribution in [-0.2, 0) is 9.47 Å². The summed E-state index contributed by atoms with van der Waals surface area (Å²) in [5, 5.41) is 0. The maximum atomic E-state index is 5.92. The Morgan fingerprint density at radius 1 is 1.50 bits per heavy atom. The number of rotatable bonds is 2. The van der Waals surface area contributed by atoms with Crippen molar-refractivity contribution in [2.24, 2.45) is 5.92 Å². The van der Waals surface area contributed by atoms with Gasteiger partial charge < -0.3 is 9.47 Å². The third kappa shape index (κ3) is 1.27. The molecule has 1 aliphatic heterocycles. The molecule has 2 atom stereocenters. The Morgan fingerprint density at radius 2 is 2.25 bits per heavy atom. The largest absolute Gasteiger partial charge is 0.347 e. The van der Waals surface area contributed by atoms with Gasteiger partial charge >= 0.3 is 0 Å². The Labute approximate surface area is 74.2 Å². The van der Waals surface area contributed by atoms with Crippen molar-refractivity contribution < 1.29 is 9.47 Å². The first-order valence-corrected chi connectivity index (χ1v) is 5.07. The van der Waals surface area contributed by atoms with Crippen LogP contribution in [0.2, 0.25) is 0 Å². The molecule has 0 aromatic heterocycles. The fourth-order valence-corrected chi connectivity index (χ4v) is 1.85. The highest BCUT2D eigenvalue weighted by Crippen LogP contribution is 2.43. The second-order valence-corrected chi connectivity index (χ2v) is 4.12. The van der Waals surface area contributed by atoms with E-state index >= 15 is 0 Å². The van der Waals surface area contributed by atoms with Crippen molar-refractivity contribution in [1.29, 1.82) is 0 Å². The molecule has 1 aliphatic carbocycles. The minimum Gasteiger partial charge on any atom is -0.347 e. The van der Waals surface area contributed by atoms with Gasteiger partial charge in [-0.1, -0.05) is 20.3 Å². The monoisotopic (exact) mass is 170 g/mol. The number of ether oxygens (including phenoxy) is 2. The first-order chi connectivity index (χ1) is 5.76. The van der Waals surface area contributed by atoms with Gasteiger partial charge in [-0.3, -0.25) is 0 Å². The molecule has 1 spiro atoms. The van der Waals surface area contributed by atoms with Crippen LogP contribution < -0.4 is 0 Å². The van der Waals surface area contributed by atoms with E-state index in [0.29, 0.717) is 12.0 Å². The van der Waals surface area contributed by atoms with Crippen molar-refractivity contribution in [2.75, 3.05) is 6.61 Å². The van der Waals surface area contributed by atoms with Gasteiger partial charge in [0.05, 0.1) is 12.7 Å². The zero-order chi connectivity index (χ0) is 8.60. The summed E-state index contributed by atoms with van der Waals surface area (Å²) >= 11 is 0. The van der Waals surface area contributed by atoms with Gasteiger partial charge in [0.25, 0.3) is 0 Å². The van der Waals surface area contributed by atoms with Gasteiger partial charge in [0, 0.05) is 12.8 Å². The fourth-order valence-electron chi connectivity index (χ4n) is 1.85. The van der Waals surface area contributed by atoms with Crippen LogP contribution in [0.5, 0.6) is 0 Å². The second kappa shape index (κ2) is 3.00. The van der Waals surface area contributed by atoms with Gasteiger partial charge in [0.1, 0.15) is 0 Å². The van der Waals surface area contributed by atoms with Crippen LogP contribution in [-0.4, -0.2) is 18.5 Å². The molecule has 1 heterocycles. The summed E-state index contributed by atoms with van der Waals surface area (Å²) in [6, 6.07) is 0. The molecular weight excluding hydrogens is 152 g/mol. The lowest BCUT2D eigenvalue weighted by Gasteiger charge is -2.36. The van der Waals surface area contributed by atoms with Gasteiger partial charge in [0.2, 0.25) is 0 Å². The van der Waals surface area contributed by atoms with E-state index < -0.39 is 0 Å². The molecule has 2 rings (SSSR count). The minimum absolute atomic E-state index is 0.131. The first kappa shape index (κ1) is 8.52. The molecule has 0 amide bonds. The summed E-state index contributed by atoms with van der Waals surface area (Å²) < 4.78 is 11.6. The van der Waals surface area contributed by atoms with E-state index in [1.54, 1.807) is 0 Å². The lowest BCUT2D eigenvalue weighted by atomic mass is 9.91. The molecule has 0 bridgehead atoms. The summed E-state index contributed by atoms with van der Waals surface area (Å²) in [6.45, 7) is 5.26. The third-order valence-electron chi connectivity index (χ3n) is 3.27. The molecule has 12 heavy (non-hydrogen) atoms. The molecule has 1 saturated heterocycles. The standard InChI is InChI=1S/C10H18O2/c1-3-8(2)9-7-11-10(12-9)5-4-6-10/h8-9H,3-7H2,1-2H3. The Morgan fingerprint density at radius 3 is 2.67 bits per heavy atom. The van der Waals surface area contributed by atoms with E-state index in [1.807, 2.05) is 0 Å². The number of hydrogen-bond donors (Lipinski definition) is 0. The van der Waals surface area contributed by atoms with E-state index in [4.69, 9.17) is 9.47 Å². The smallest absolute Gasteiger partial charge is 0.168 e. The summed E-state index contributed by atoms with van der Waals surface area (Å²) in [5.74, 6) is 0.513. The molecule has 0 radical (unpaired) electrons. The summed E-state index contributed by atoms with van der Waals surface area (Å²) in [7, 11) is 0. The Balaban J connectivity index is 1.89. The molecule has 0 aromatic rings. The predicted molar refractivity (Wildman–Crippen MR) is 46.9 cm³/mol. The highest BCUT2D eigenvalue weighted by molar-refractivity contribution is 4.87. The van der Waals surface area contributed by atoms with Crippen LogP contribution in [0, 0.1) is 5.92 Å². The van der Waals surface area contributed by atoms with Gasteiger partial charge in [-0.2, -0.15) is 0 Å². The van der Waals surface area contributed by atoms with Crippen LogP contribution in [0.3, 0.4) is 0 Å². The SMILES string of the molecule is CCC(C)C1COC2(CCC2)O1. The molecular formula is C10H18O2. The van der Waals surface area contributed by atoms with Crippen LogP contribution in [0.15, 0.2) is 0 Å². The van der Waals surface area contributed by atoms with Crippen LogP contribution in [0.25, 0.3) is 0 Å². The van der Waals surface area contributed by atoms with Crippen LogP contribution in [0.4, 0.5) is 0 Å². The van der Waals surface area contributed by atoms with Crippen molar-refractivity contribution in [2.45, 2.75) is 51.4 Å². The predicted octanol–water partition coefficient (Wildman–Crippen LogP) is 2.33. The zero-order valence-corrected chi connectivity index (χ0v) is 8.01. The van der Waals surface area contributed by atoms with Crippen molar-refractivity contribution >= 4 is 0 Å². The van der Waals surface area contributed by atoms with Gasteiger partial charge in [0.15, 0.2) is 5.79 Å². The second-order valence-electron chi connectivity index (χ2n) is 4.12. The van der Waals surface area contributed by atoms with Gasteiger partial charge in [-0.15, -0.1) is 0 Å². The first-order valence-electron chi connectivity index (χ1n) is 5.07. The fraction of sp³-hybridized carbons (Fsp3) is 1.00. The highest BCUT2D eigenvalue weighted by atomic mass is 16.7. The quantitative estimate of drug-likeness (QED) is 0.633. The van der Waals surface area contributed by atoms with Crippen molar-refractivity contribution in [1.82, 2.24) is 0 Å². The molecule has 2 unspecified atom stereocenters. The minimum atomic E-state index is -0.131. The van der Waals surface area contributed by atoms with Crippen molar-refractivity contribution in [3.05, 3.63) is 0 Å². The summed E-state index contributed by atoms with van der Waals surface area (Å²) in [5.41, 5.74) is 0. The maximum Gasteiger partial charge on any atom is 0.168 e. The molecule has 2 aliphatic rings. The molecule has 0 aromatic carbocycles. The molecule has 2 fully saturated rings. The van der Waals surface area contributed by atoms with E-state index in [2.05, 4.69) is 13.8 Å². The molecule has 0 N–H and O–H groups in total. The lowest BCUT2D eigenvalue weighted by Crippen LogP contribution is -2.39. The Hall–Kier alpha value is -0.0800. The van der Waals surface area contributed by atoms with Gasteiger partial charge in [-0.25, -0.2) is 0 Å². The summed E-state index contributed by atoms with van der Waals surface area (Å²) in [4.78, 5) is 0. The molecule has 2 heteroatoms. The van der Waals surface area contributed by atoms with E-state index in [0.717, 1.165) is 19.4 Å². The highest BCUT2D eigenvalue weighted by Gasteiger charge is 2.47. The Kier molecular flexibility index (Phi) is 2.13. The van der Waals surface area contributed by atoms with E-state index in [-0.39, 0.29) is 5.79 Å². The maximum absolute atomic E-state index is 5.92. The van der Waals surface area contributed by atoms with Gasteiger partial charge in [-0.05, 0) is 12.3 Å². The summed E-state index contributed by atoms with van der Waals surface area (Å²) in [6.07, 6.45) is 5.03. The topological polar surface area (TPSA) is 18.5 Å². The van der Waals surface area contributed by atoms with Crippen molar-refractivity contribution in [3.8, 4) is 0 Å². The molecule has 1 saturated carbocycles. The number of hydrogen-bond acceptors (Lipinski definition) is 2. The lowest BCUT2D eigenvalue weighted by molar-refractivity contribution is -0.219. The van der Waals surface area contributed by atoms with Crippen molar-refractivity contribution in [3.63, 3.8) is 0 Å². The zero-order valence-electron chi connectivity index (χ0n) is 8.01.